The summed E-state index contributed by atoms with van der Waals surface area (Å²) in [7, 11) is 0. The van der Waals surface area contributed by atoms with Gasteiger partial charge in [-0.2, -0.15) is 15.7 Å². The first-order valence-corrected chi connectivity index (χ1v) is 6.67. The Bertz CT molecular complexity index is 394. The number of nitrogens with zero attached hydrogens (tertiary/aromatic N) is 2. The van der Waals surface area contributed by atoms with Crippen LogP contribution in [0, 0.1) is 0 Å². The molecule has 0 saturated heterocycles. The van der Waals surface area contributed by atoms with Gasteiger partial charge in [0.05, 0.1) is 0 Å². The van der Waals surface area contributed by atoms with Gasteiger partial charge in [-0.25, -0.2) is 4.98 Å². The molecule has 2 rings (SSSR count). The van der Waals surface area contributed by atoms with E-state index in [2.05, 4.69) is 38.4 Å². The van der Waals surface area contributed by atoms with Gasteiger partial charge in [0, 0.05) is 24.5 Å². The Labute approximate surface area is 97.4 Å². The van der Waals surface area contributed by atoms with Gasteiger partial charge in [-0.15, -0.1) is 0 Å². The van der Waals surface area contributed by atoms with Crippen LogP contribution in [0.2, 0.25) is 0 Å². The summed E-state index contributed by atoms with van der Waals surface area (Å²) >= 11 is 3.18. The molecule has 15 heavy (non-hydrogen) atoms. The normalized spacial score (nSPS) is 10.5. The maximum absolute atomic E-state index is 4.35. The van der Waals surface area contributed by atoms with Crippen molar-refractivity contribution in [2.75, 3.05) is 11.9 Å². The van der Waals surface area contributed by atoms with E-state index in [-0.39, 0.29) is 0 Å². The lowest BCUT2D eigenvalue weighted by molar-refractivity contribution is 0.980. The molecule has 3 nitrogen and oxygen atoms in total. The number of aryl methyl sites for hydroxylation is 1. The summed E-state index contributed by atoms with van der Waals surface area (Å²) in [6.07, 6.45) is 1.95. The quantitative estimate of drug-likeness (QED) is 0.872. The van der Waals surface area contributed by atoms with Crippen LogP contribution in [0.5, 0.6) is 0 Å². The van der Waals surface area contributed by atoms with Crippen LogP contribution in [0.25, 0.3) is 0 Å². The van der Waals surface area contributed by atoms with Gasteiger partial charge >= 0.3 is 0 Å². The second-order valence-corrected chi connectivity index (χ2v) is 4.71. The highest BCUT2D eigenvalue weighted by Crippen LogP contribution is 2.12. The van der Waals surface area contributed by atoms with Crippen LogP contribution in [-0.4, -0.2) is 15.9 Å². The van der Waals surface area contributed by atoms with E-state index in [9.17, 15) is 0 Å². The molecule has 0 saturated carbocycles. The molecule has 5 heteroatoms. The predicted octanol–water partition coefficient (Wildman–Crippen LogP) is 2.82. The molecule has 0 amide bonds. The van der Waals surface area contributed by atoms with Crippen molar-refractivity contribution in [3.05, 3.63) is 28.2 Å². The lowest BCUT2D eigenvalue weighted by Crippen LogP contribution is -2.03. The number of anilines is 1. The Morgan fingerprint density at radius 1 is 1.47 bits per heavy atom. The molecule has 0 spiro atoms. The number of rotatable bonds is 5. The second kappa shape index (κ2) is 5.23. The summed E-state index contributed by atoms with van der Waals surface area (Å²) in [5, 5.41) is 8.51. The Kier molecular flexibility index (Phi) is 3.69. The van der Waals surface area contributed by atoms with Gasteiger partial charge in [-0.05, 0) is 28.8 Å². The highest BCUT2D eigenvalue weighted by Gasteiger charge is 2.00. The molecule has 2 heterocycles. The zero-order chi connectivity index (χ0) is 10.5. The first-order valence-electron chi connectivity index (χ1n) is 4.96. The van der Waals surface area contributed by atoms with Crippen molar-refractivity contribution in [2.24, 2.45) is 0 Å². The summed E-state index contributed by atoms with van der Waals surface area (Å²) < 4.78 is 4.22. The van der Waals surface area contributed by atoms with E-state index in [1.165, 1.54) is 17.1 Å². The standard InChI is InChI=1S/C10H13N3S2/c1-2-9-12-10(15-13-9)11-5-3-8-4-6-14-7-8/h4,6-7H,2-3,5H2,1H3,(H,11,12,13). The molecule has 0 aliphatic heterocycles. The summed E-state index contributed by atoms with van der Waals surface area (Å²) in [5.41, 5.74) is 1.38. The monoisotopic (exact) mass is 239 g/mol. The minimum absolute atomic E-state index is 0.905. The SMILES string of the molecule is CCc1nsc(NCCc2ccsc2)n1. The zero-order valence-electron chi connectivity index (χ0n) is 8.56. The summed E-state index contributed by atoms with van der Waals surface area (Å²) in [5.74, 6) is 0.929. The second-order valence-electron chi connectivity index (χ2n) is 3.18. The molecule has 0 aliphatic rings. The smallest absolute Gasteiger partial charge is 0.202 e. The van der Waals surface area contributed by atoms with Crippen LogP contribution in [-0.2, 0) is 12.8 Å². The molecule has 2 aromatic rings. The predicted molar refractivity (Wildman–Crippen MR) is 65.8 cm³/mol. The van der Waals surface area contributed by atoms with Crippen LogP contribution >= 0.6 is 22.9 Å². The van der Waals surface area contributed by atoms with Crippen molar-refractivity contribution in [1.29, 1.82) is 0 Å². The molecule has 0 aliphatic carbocycles. The van der Waals surface area contributed by atoms with E-state index in [4.69, 9.17) is 0 Å². The van der Waals surface area contributed by atoms with Crippen molar-refractivity contribution in [3.8, 4) is 0 Å². The van der Waals surface area contributed by atoms with E-state index in [1.54, 1.807) is 11.3 Å². The maximum atomic E-state index is 4.35. The molecular weight excluding hydrogens is 226 g/mol. The Morgan fingerprint density at radius 2 is 2.40 bits per heavy atom. The average molecular weight is 239 g/mol. The van der Waals surface area contributed by atoms with Gasteiger partial charge in [0.25, 0.3) is 0 Å². The fourth-order valence-corrected chi connectivity index (χ4v) is 2.60. The van der Waals surface area contributed by atoms with Crippen LogP contribution in [0.1, 0.15) is 18.3 Å². The van der Waals surface area contributed by atoms with Crippen LogP contribution in [0.15, 0.2) is 16.8 Å². The number of hydrogen-bond acceptors (Lipinski definition) is 5. The topological polar surface area (TPSA) is 37.8 Å². The molecule has 80 valence electrons. The number of aromatic nitrogens is 2. The highest BCUT2D eigenvalue weighted by molar-refractivity contribution is 7.09. The molecule has 0 radical (unpaired) electrons. The highest BCUT2D eigenvalue weighted by atomic mass is 32.1. The van der Waals surface area contributed by atoms with E-state index in [0.29, 0.717) is 0 Å². The molecule has 2 aromatic heterocycles. The van der Waals surface area contributed by atoms with Gasteiger partial charge < -0.3 is 5.32 Å². The minimum Gasteiger partial charge on any atom is -0.360 e. The third-order valence-corrected chi connectivity index (χ3v) is 3.50. The first-order chi connectivity index (χ1) is 7.38. The van der Waals surface area contributed by atoms with E-state index in [1.807, 2.05) is 0 Å². The largest absolute Gasteiger partial charge is 0.360 e. The van der Waals surface area contributed by atoms with Crippen LogP contribution in [0.4, 0.5) is 5.13 Å². The van der Waals surface area contributed by atoms with Gasteiger partial charge in [0.1, 0.15) is 5.82 Å². The van der Waals surface area contributed by atoms with Gasteiger partial charge in [0.2, 0.25) is 5.13 Å². The summed E-state index contributed by atoms with van der Waals surface area (Å²) in [4.78, 5) is 4.35. The number of nitrogens with one attached hydrogen (secondary N) is 1. The van der Waals surface area contributed by atoms with E-state index in [0.717, 1.165) is 30.3 Å². The molecular formula is C10H13N3S2. The number of hydrogen-bond donors (Lipinski definition) is 1. The fourth-order valence-electron chi connectivity index (χ4n) is 1.22. The lowest BCUT2D eigenvalue weighted by atomic mass is 10.2. The molecule has 0 bridgehead atoms. The van der Waals surface area contributed by atoms with E-state index < -0.39 is 0 Å². The summed E-state index contributed by atoms with van der Waals surface area (Å²) in [6.45, 7) is 2.99. The molecule has 0 unspecified atom stereocenters. The Morgan fingerprint density at radius 3 is 3.07 bits per heavy atom. The van der Waals surface area contributed by atoms with Crippen molar-refractivity contribution in [2.45, 2.75) is 19.8 Å². The van der Waals surface area contributed by atoms with Crippen molar-refractivity contribution in [3.63, 3.8) is 0 Å². The molecule has 0 fully saturated rings. The Hall–Kier alpha value is -0.940. The molecule has 0 aromatic carbocycles. The third kappa shape index (κ3) is 3.00. The van der Waals surface area contributed by atoms with Gasteiger partial charge in [-0.3, -0.25) is 0 Å². The van der Waals surface area contributed by atoms with Crippen molar-refractivity contribution >= 4 is 28.0 Å². The van der Waals surface area contributed by atoms with Crippen molar-refractivity contribution < 1.29 is 0 Å². The van der Waals surface area contributed by atoms with E-state index >= 15 is 0 Å². The average Bonchev–Trinajstić information content (AvgIpc) is 2.88. The first kappa shape index (κ1) is 10.6. The van der Waals surface area contributed by atoms with Gasteiger partial charge in [0.15, 0.2) is 0 Å². The van der Waals surface area contributed by atoms with Crippen LogP contribution in [0.3, 0.4) is 0 Å². The Balaban J connectivity index is 1.78. The van der Waals surface area contributed by atoms with Gasteiger partial charge in [-0.1, -0.05) is 6.92 Å². The summed E-state index contributed by atoms with van der Waals surface area (Å²) in [6, 6.07) is 2.16. The molecule has 1 N–H and O–H groups in total. The van der Waals surface area contributed by atoms with Crippen LogP contribution < -0.4 is 5.32 Å². The maximum Gasteiger partial charge on any atom is 0.202 e. The van der Waals surface area contributed by atoms with Crippen molar-refractivity contribution in [1.82, 2.24) is 9.36 Å². The molecule has 0 atom stereocenters. The fraction of sp³-hybridized carbons (Fsp3) is 0.400. The third-order valence-electron chi connectivity index (χ3n) is 2.05. The zero-order valence-corrected chi connectivity index (χ0v) is 10.2. The number of thiophene rings is 1. The minimum atomic E-state index is 0.905. The lowest BCUT2D eigenvalue weighted by Gasteiger charge is -1.99.